The van der Waals surface area contributed by atoms with E-state index in [2.05, 4.69) is 20.1 Å². The Morgan fingerprint density at radius 2 is 1.07 bits per heavy atom. The smallest absolute Gasteiger partial charge is 0.397 e. The molecule has 6 fully saturated rings. The lowest BCUT2D eigenvalue weighted by molar-refractivity contribution is -0.393. The number of hydrogen-bond donors (Lipinski definition) is 24. The van der Waals surface area contributed by atoms with E-state index in [4.69, 9.17) is 56.8 Å². The molecular formula is C51H87N3O40S. The normalized spacial score (nSPS) is 43.1. The lowest BCUT2D eigenvalue weighted by Crippen LogP contribution is -2.70. The van der Waals surface area contributed by atoms with Crippen molar-refractivity contribution in [3.05, 3.63) is 0 Å². The summed E-state index contributed by atoms with van der Waals surface area (Å²) in [5.41, 5.74) is 0. The summed E-state index contributed by atoms with van der Waals surface area (Å²) in [6, 6.07) is -5.73. The third-order valence-electron chi connectivity index (χ3n) is 16.5. The van der Waals surface area contributed by atoms with Gasteiger partial charge < -0.3 is 175 Å². The first-order valence-corrected chi connectivity index (χ1v) is 30.9. The summed E-state index contributed by atoms with van der Waals surface area (Å²) in [5, 5.41) is 225. The second-order valence-corrected chi connectivity index (χ2v) is 24.6. The van der Waals surface area contributed by atoms with E-state index >= 15 is 0 Å². The van der Waals surface area contributed by atoms with Crippen molar-refractivity contribution in [3.8, 4) is 0 Å². The number of carbonyl (C=O) groups excluding carboxylic acids is 3. The van der Waals surface area contributed by atoms with Crippen molar-refractivity contribution in [2.75, 3.05) is 39.6 Å². The summed E-state index contributed by atoms with van der Waals surface area (Å²) in [4.78, 5) is 51.2. The van der Waals surface area contributed by atoms with Crippen LogP contribution in [0.4, 0.5) is 0 Å². The van der Waals surface area contributed by atoms with Crippen LogP contribution >= 0.6 is 0 Å². The number of amides is 3. The zero-order chi connectivity index (χ0) is 71.2. The number of ether oxygens (including phenoxy) is 12. The van der Waals surface area contributed by atoms with Crippen molar-refractivity contribution < 1.29 is 195 Å². The molecule has 552 valence electrons. The molecule has 43 nitrogen and oxygen atoms in total. The fraction of sp³-hybridized carbons (Fsp3) is 0.922. The number of carbonyl (C=O) groups is 4. The largest absolute Gasteiger partial charge is 0.477 e. The summed E-state index contributed by atoms with van der Waals surface area (Å²) < 4.78 is 109. The molecule has 6 heterocycles. The van der Waals surface area contributed by atoms with Crippen molar-refractivity contribution >= 4 is 34.1 Å². The molecule has 0 aromatic rings. The third-order valence-corrected chi connectivity index (χ3v) is 16.9. The predicted octanol–water partition coefficient (Wildman–Crippen LogP) is -15.1. The standard InChI is InChI=1S/C51H87N3O40S/c1-13-27(65)33(71)36(74)46(84-13)91-42-26(54-17(5)61)45(88-24(12-83-95(79,80)81)40(42)90-49-44(35(73)31(69)22(9-57)87-49)92-47-37(75)34(72)28(66)14(2)85-47)82-11-21(64)30(68)39(18(7-55)52-15(3)59)89-48-38(76)43(32(70)23(10-58)86-48)94-51(50(77)78)6-19(62)25(53-16(4)60)41(93-51)29(67)20(63)8-56/h13-14,18-49,55-58,62-76H,6-12H2,1-5H3,(H,52,59)(H,53,60)(H,54,61)(H,77,78)(H,79,80,81)/t13-,14-,18-,19-,20+,21+,22+,23+,24+,25+,26+,27+,28+,29+,30-,31-,32-,33+,34+,35-,36-,37-,38+,39+,40+,41+,42+,43-,44+,45+,46-,47-,48-,49-,51-/m0/s1. The van der Waals surface area contributed by atoms with Gasteiger partial charge in [-0.2, -0.15) is 8.42 Å². The molecule has 6 saturated heterocycles. The van der Waals surface area contributed by atoms with Crippen LogP contribution in [0.3, 0.4) is 0 Å². The van der Waals surface area contributed by atoms with Crippen LogP contribution < -0.4 is 16.0 Å². The Balaban J connectivity index is 1.37. The maximum Gasteiger partial charge on any atom is 0.397 e. The van der Waals surface area contributed by atoms with Crippen LogP contribution in [0.15, 0.2) is 0 Å². The highest BCUT2D eigenvalue weighted by atomic mass is 32.3. The third kappa shape index (κ3) is 19.1. The molecule has 3 amide bonds. The van der Waals surface area contributed by atoms with E-state index in [1.165, 1.54) is 13.8 Å². The Bertz CT molecular complexity index is 2590. The molecule has 6 rings (SSSR count). The van der Waals surface area contributed by atoms with Gasteiger partial charge in [-0.15, -0.1) is 0 Å². The van der Waals surface area contributed by atoms with Crippen LogP contribution in [-0.2, 0) is 90.6 Å². The maximum absolute atomic E-state index is 13.3. The van der Waals surface area contributed by atoms with Gasteiger partial charge in [-0.3, -0.25) is 18.9 Å². The van der Waals surface area contributed by atoms with Crippen LogP contribution in [0.1, 0.15) is 41.0 Å². The van der Waals surface area contributed by atoms with Crippen molar-refractivity contribution in [1.82, 2.24) is 16.0 Å². The number of rotatable bonds is 29. The van der Waals surface area contributed by atoms with Crippen LogP contribution in [0, 0.1) is 0 Å². The average Bonchev–Trinajstić information content (AvgIpc) is 0.762. The zero-order valence-corrected chi connectivity index (χ0v) is 52.0. The Hall–Kier alpha value is -3.49. The van der Waals surface area contributed by atoms with Gasteiger partial charge in [0.25, 0.3) is 5.79 Å². The molecule has 0 bridgehead atoms. The first kappa shape index (κ1) is 80.5. The van der Waals surface area contributed by atoms with Crippen LogP contribution in [-0.4, -0.2) is 392 Å². The van der Waals surface area contributed by atoms with E-state index in [1.807, 2.05) is 0 Å². The summed E-state index contributed by atoms with van der Waals surface area (Å²) in [5.74, 6) is -8.37. The van der Waals surface area contributed by atoms with Crippen LogP contribution in [0.25, 0.3) is 0 Å². The Kier molecular flexibility index (Phi) is 29.0. The van der Waals surface area contributed by atoms with Gasteiger partial charge in [0, 0.05) is 27.2 Å². The van der Waals surface area contributed by atoms with Crippen molar-refractivity contribution in [2.45, 2.75) is 255 Å². The second kappa shape index (κ2) is 34.2. The molecule has 0 radical (unpaired) electrons. The number of carboxylic acid groups (broad SMARTS) is 1. The van der Waals surface area contributed by atoms with E-state index in [0.717, 1.165) is 20.8 Å². The molecule has 35 atom stereocenters. The van der Waals surface area contributed by atoms with E-state index in [9.17, 15) is 134 Å². The van der Waals surface area contributed by atoms with Crippen molar-refractivity contribution in [3.63, 3.8) is 0 Å². The highest BCUT2D eigenvalue weighted by Gasteiger charge is 2.61. The first-order chi connectivity index (χ1) is 44.3. The monoisotopic (exact) mass is 1410 g/mol. The Morgan fingerprint density at radius 1 is 0.558 bits per heavy atom. The zero-order valence-electron chi connectivity index (χ0n) is 51.1. The summed E-state index contributed by atoms with van der Waals surface area (Å²) >= 11 is 0. The maximum atomic E-state index is 13.3. The fourth-order valence-corrected chi connectivity index (χ4v) is 11.7. The summed E-state index contributed by atoms with van der Waals surface area (Å²) in [7, 11) is -5.55. The van der Waals surface area contributed by atoms with Gasteiger partial charge in [-0.25, -0.2) is 8.98 Å². The molecule has 0 unspecified atom stereocenters. The van der Waals surface area contributed by atoms with E-state index in [1.54, 1.807) is 0 Å². The molecule has 24 N–H and O–H groups in total. The summed E-state index contributed by atoms with van der Waals surface area (Å²) in [6.07, 6.45) is -67.7. The molecule has 6 aliphatic rings. The molecule has 0 aromatic heterocycles. The van der Waals surface area contributed by atoms with Gasteiger partial charge in [0.05, 0.1) is 70.0 Å². The fourth-order valence-electron chi connectivity index (χ4n) is 11.4. The first-order valence-electron chi connectivity index (χ1n) is 29.5. The quantitative estimate of drug-likeness (QED) is 0.0309. The number of carboxylic acids is 1. The van der Waals surface area contributed by atoms with E-state index in [-0.39, 0.29) is 0 Å². The van der Waals surface area contributed by atoms with Gasteiger partial charge in [0.1, 0.15) is 146 Å². The number of aliphatic hydroxyl groups is 19. The van der Waals surface area contributed by atoms with Crippen molar-refractivity contribution in [1.29, 1.82) is 0 Å². The molecule has 6 aliphatic heterocycles. The number of aliphatic hydroxyl groups excluding tert-OH is 19. The minimum atomic E-state index is -5.55. The predicted molar refractivity (Wildman–Crippen MR) is 294 cm³/mol. The highest BCUT2D eigenvalue weighted by Crippen LogP contribution is 2.40. The van der Waals surface area contributed by atoms with Crippen LogP contribution in [0.5, 0.6) is 0 Å². The van der Waals surface area contributed by atoms with Gasteiger partial charge in [-0.1, -0.05) is 0 Å². The van der Waals surface area contributed by atoms with Gasteiger partial charge in [-0.05, 0) is 13.8 Å². The second-order valence-electron chi connectivity index (χ2n) is 23.5. The topological polar surface area (TPSA) is 683 Å². The van der Waals surface area contributed by atoms with Gasteiger partial charge in [0.2, 0.25) is 17.7 Å². The number of nitrogens with one attached hydrogen (secondary N) is 3. The molecule has 44 heteroatoms. The van der Waals surface area contributed by atoms with Gasteiger partial charge in [0.15, 0.2) is 31.5 Å². The van der Waals surface area contributed by atoms with Crippen LogP contribution in [0.2, 0.25) is 0 Å². The molecule has 0 aliphatic carbocycles. The van der Waals surface area contributed by atoms with Crippen molar-refractivity contribution in [2.24, 2.45) is 0 Å². The molecular weight excluding hydrogens is 1330 g/mol. The lowest BCUT2D eigenvalue weighted by Gasteiger charge is -2.51. The van der Waals surface area contributed by atoms with E-state index in [0.29, 0.717) is 0 Å². The highest BCUT2D eigenvalue weighted by molar-refractivity contribution is 7.80. The summed E-state index contributed by atoms with van der Waals surface area (Å²) in [6.45, 7) is -2.43. The minimum absolute atomic E-state index is 0.877. The minimum Gasteiger partial charge on any atom is -0.477 e. The Morgan fingerprint density at radius 3 is 1.58 bits per heavy atom. The molecule has 0 saturated carbocycles. The Labute approximate surface area is 538 Å². The molecule has 0 aromatic carbocycles. The SMILES string of the molecule is CC(=O)N[C@H]1[C@H](OC[C@@H](O)[C@H](O)[C@H](O[C@@H]2O[C@H](CO)[C@H](O)[C@H](O[C@]3(C(=O)O)C[C@H](O)[C@@H](NC(C)=O)[C@H]([C@H](O)[C@H](O)CO)O3)[C@H]2O)[C@H](CO)NC(C)=O)O[C@H](COS(=O)(=O)O)[C@@H](O[C@@H]2O[C@H](CO)[C@H](O)[C@H](O)[C@H]2O[C@@H]2O[C@@H](C)[C@@H](O)[C@@H](O)[C@@H]2O)[C@@H]1O[C@@H]1O[C@@H](C)[C@@H](O)[C@@H](O)[C@@H]1O. The molecule has 95 heavy (non-hydrogen) atoms. The number of hydrogen-bond acceptors (Lipinski definition) is 38. The number of aliphatic carboxylic acids is 1. The molecule has 0 spiro atoms. The van der Waals surface area contributed by atoms with Gasteiger partial charge >= 0.3 is 16.4 Å². The van der Waals surface area contributed by atoms with E-state index < -0.39 is 294 Å². The lowest BCUT2D eigenvalue weighted by atomic mass is 9.88. The average molecular weight is 1410 g/mol.